The summed E-state index contributed by atoms with van der Waals surface area (Å²) in [5.74, 6) is -0.414. The molecule has 6 nitrogen and oxygen atoms in total. The molecule has 0 spiro atoms. The van der Waals surface area contributed by atoms with Crippen molar-refractivity contribution in [3.05, 3.63) is 87.4 Å². The van der Waals surface area contributed by atoms with Crippen molar-refractivity contribution in [2.45, 2.75) is 27.3 Å². The van der Waals surface area contributed by atoms with Gasteiger partial charge in [0, 0.05) is 18.1 Å². The number of aryl methyl sites for hydroxylation is 3. The average molecular weight is 348 g/mol. The van der Waals surface area contributed by atoms with Crippen LogP contribution < -0.4 is 10.9 Å². The molecule has 1 N–H and O–H groups in total. The Kier molecular flexibility index (Phi) is 4.93. The van der Waals surface area contributed by atoms with E-state index in [-0.39, 0.29) is 17.7 Å². The molecule has 0 saturated carbocycles. The van der Waals surface area contributed by atoms with Gasteiger partial charge in [0.05, 0.1) is 24.1 Å². The number of rotatable bonds is 4. The maximum absolute atomic E-state index is 12.8. The van der Waals surface area contributed by atoms with Crippen molar-refractivity contribution in [3.63, 3.8) is 0 Å². The van der Waals surface area contributed by atoms with Gasteiger partial charge in [-0.2, -0.15) is 0 Å². The van der Waals surface area contributed by atoms with Crippen LogP contribution >= 0.6 is 0 Å². The number of nitrogens with one attached hydrogen (secondary N) is 1. The minimum Gasteiger partial charge on any atom is -0.322 e. The smallest absolute Gasteiger partial charge is 0.264 e. The number of nitrogens with zero attached hydrogens (tertiary/aromatic N) is 3. The highest BCUT2D eigenvalue weighted by atomic mass is 16.2. The highest BCUT2D eigenvalue weighted by Crippen LogP contribution is 2.12. The summed E-state index contributed by atoms with van der Waals surface area (Å²) in [4.78, 5) is 33.9. The molecule has 3 rings (SSSR count). The normalized spacial score (nSPS) is 10.6. The zero-order chi connectivity index (χ0) is 18.7. The van der Waals surface area contributed by atoms with Crippen molar-refractivity contribution in [2.24, 2.45) is 0 Å². The standard InChI is InChI=1S/C20H20N4O2/c1-13-5-4-6-16(9-13)23-19(25)18-14(2)7-8-24(20(18)26)12-17-11-21-15(3)10-22-17/h4-11H,12H2,1-3H3,(H,23,25). The lowest BCUT2D eigenvalue weighted by Gasteiger charge is -2.11. The van der Waals surface area contributed by atoms with Crippen molar-refractivity contribution < 1.29 is 4.79 Å². The van der Waals surface area contributed by atoms with Gasteiger partial charge in [-0.3, -0.25) is 19.6 Å². The van der Waals surface area contributed by atoms with Crippen LogP contribution in [-0.2, 0) is 6.54 Å². The highest BCUT2D eigenvalue weighted by molar-refractivity contribution is 6.05. The van der Waals surface area contributed by atoms with Gasteiger partial charge in [0.15, 0.2) is 0 Å². The summed E-state index contributed by atoms with van der Waals surface area (Å²) in [5.41, 5.74) is 3.57. The second-order valence-corrected chi connectivity index (χ2v) is 6.28. The quantitative estimate of drug-likeness (QED) is 0.786. The zero-order valence-corrected chi connectivity index (χ0v) is 15.0. The molecule has 6 heteroatoms. The van der Waals surface area contributed by atoms with Crippen molar-refractivity contribution >= 4 is 11.6 Å². The fourth-order valence-electron chi connectivity index (χ4n) is 2.66. The number of carbonyl (C=O) groups is 1. The predicted octanol–water partition coefficient (Wildman–Crippen LogP) is 2.86. The van der Waals surface area contributed by atoms with Crippen LogP contribution in [0.25, 0.3) is 0 Å². The summed E-state index contributed by atoms with van der Waals surface area (Å²) in [6.07, 6.45) is 4.96. The Morgan fingerprint density at radius 3 is 2.62 bits per heavy atom. The lowest BCUT2D eigenvalue weighted by Crippen LogP contribution is -2.30. The van der Waals surface area contributed by atoms with Crippen LogP contribution in [0.5, 0.6) is 0 Å². The van der Waals surface area contributed by atoms with Gasteiger partial charge in [-0.05, 0) is 50.1 Å². The van der Waals surface area contributed by atoms with Crippen molar-refractivity contribution in [1.29, 1.82) is 0 Å². The third-order valence-corrected chi connectivity index (χ3v) is 4.04. The highest BCUT2D eigenvalue weighted by Gasteiger charge is 2.16. The third-order valence-electron chi connectivity index (χ3n) is 4.04. The minimum atomic E-state index is -0.414. The van der Waals surface area contributed by atoms with Crippen LogP contribution in [0.4, 0.5) is 5.69 Å². The van der Waals surface area contributed by atoms with Gasteiger partial charge < -0.3 is 9.88 Å². The number of anilines is 1. The first-order chi connectivity index (χ1) is 12.4. The van der Waals surface area contributed by atoms with Gasteiger partial charge in [-0.25, -0.2) is 0 Å². The summed E-state index contributed by atoms with van der Waals surface area (Å²) < 4.78 is 1.47. The van der Waals surface area contributed by atoms with E-state index < -0.39 is 5.91 Å². The molecule has 26 heavy (non-hydrogen) atoms. The van der Waals surface area contributed by atoms with E-state index in [0.717, 1.165) is 11.3 Å². The number of carbonyl (C=O) groups excluding carboxylic acids is 1. The molecule has 0 aliphatic carbocycles. The first-order valence-electron chi connectivity index (χ1n) is 8.29. The van der Waals surface area contributed by atoms with E-state index in [4.69, 9.17) is 0 Å². The Balaban J connectivity index is 1.90. The fraction of sp³-hybridized carbons (Fsp3) is 0.200. The largest absolute Gasteiger partial charge is 0.322 e. The maximum Gasteiger partial charge on any atom is 0.264 e. The summed E-state index contributed by atoms with van der Waals surface area (Å²) in [6, 6.07) is 9.21. The van der Waals surface area contributed by atoms with E-state index in [1.165, 1.54) is 4.57 Å². The SMILES string of the molecule is Cc1cccc(NC(=O)c2c(C)ccn(Cc3cnc(C)cn3)c2=O)c1. The fourth-order valence-corrected chi connectivity index (χ4v) is 2.66. The lowest BCUT2D eigenvalue weighted by atomic mass is 10.1. The summed E-state index contributed by atoms with van der Waals surface area (Å²) >= 11 is 0. The Morgan fingerprint density at radius 2 is 1.92 bits per heavy atom. The molecule has 1 amide bonds. The molecule has 0 aliphatic heterocycles. The van der Waals surface area contributed by atoms with Crippen LogP contribution in [0.1, 0.15) is 32.9 Å². The van der Waals surface area contributed by atoms with Crippen molar-refractivity contribution in [2.75, 3.05) is 5.32 Å². The third kappa shape index (κ3) is 3.85. The molecule has 3 aromatic rings. The van der Waals surface area contributed by atoms with Gasteiger partial charge in [-0.15, -0.1) is 0 Å². The number of hydrogen-bond donors (Lipinski definition) is 1. The minimum absolute atomic E-state index is 0.133. The Bertz CT molecular complexity index is 1010. The maximum atomic E-state index is 12.8. The molecular formula is C20H20N4O2. The summed E-state index contributed by atoms with van der Waals surface area (Å²) in [6.45, 7) is 5.81. The zero-order valence-electron chi connectivity index (χ0n) is 15.0. The van der Waals surface area contributed by atoms with E-state index >= 15 is 0 Å². The first-order valence-corrected chi connectivity index (χ1v) is 8.29. The molecule has 132 valence electrons. The van der Waals surface area contributed by atoms with E-state index in [0.29, 0.717) is 16.9 Å². The molecule has 2 aromatic heterocycles. The van der Waals surface area contributed by atoms with Gasteiger partial charge in [0.2, 0.25) is 0 Å². The molecule has 0 radical (unpaired) electrons. The first kappa shape index (κ1) is 17.5. The van der Waals surface area contributed by atoms with E-state index in [9.17, 15) is 9.59 Å². The molecule has 2 heterocycles. The number of aromatic nitrogens is 3. The van der Waals surface area contributed by atoms with Crippen molar-refractivity contribution in [3.8, 4) is 0 Å². The van der Waals surface area contributed by atoms with Gasteiger partial charge >= 0.3 is 0 Å². The van der Waals surface area contributed by atoms with Gasteiger partial charge in [-0.1, -0.05) is 12.1 Å². The second-order valence-electron chi connectivity index (χ2n) is 6.28. The van der Waals surface area contributed by atoms with Crippen molar-refractivity contribution in [1.82, 2.24) is 14.5 Å². The van der Waals surface area contributed by atoms with Crippen LogP contribution in [-0.4, -0.2) is 20.4 Å². The molecule has 0 fully saturated rings. The van der Waals surface area contributed by atoms with Crippen LogP contribution in [0, 0.1) is 20.8 Å². The van der Waals surface area contributed by atoms with E-state index in [1.54, 1.807) is 37.6 Å². The molecular weight excluding hydrogens is 328 g/mol. The topological polar surface area (TPSA) is 76.9 Å². The number of hydrogen-bond acceptors (Lipinski definition) is 4. The lowest BCUT2D eigenvalue weighted by molar-refractivity contribution is 0.102. The van der Waals surface area contributed by atoms with E-state index in [1.807, 2.05) is 32.0 Å². The molecule has 0 aliphatic rings. The molecule has 1 aromatic carbocycles. The van der Waals surface area contributed by atoms with Crippen LogP contribution in [0.2, 0.25) is 0 Å². The predicted molar refractivity (Wildman–Crippen MR) is 100 cm³/mol. The van der Waals surface area contributed by atoms with Gasteiger partial charge in [0.1, 0.15) is 5.56 Å². The van der Waals surface area contributed by atoms with Crippen LogP contribution in [0.15, 0.2) is 53.7 Å². The summed E-state index contributed by atoms with van der Waals surface area (Å²) in [7, 11) is 0. The molecule has 0 unspecified atom stereocenters. The monoisotopic (exact) mass is 348 g/mol. The summed E-state index contributed by atoms with van der Waals surface area (Å²) in [5, 5.41) is 2.80. The second kappa shape index (κ2) is 7.31. The van der Waals surface area contributed by atoms with Gasteiger partial charge in [0.25, 0.3) is 11.5 Å². The Hall–Kier alpha value is -3.28. The Morgan fingerprint density at radius 1 is 1.12 bits per heavy atom. The molecule has 0 atom stereocenters. The number of benzene rings is 1. The Labute approximate surface area is 151 Å². The molecule has 0 bridgehead atoms. The number of pyridine rings is 1. The van der Waals surface area contributed by atoms with Crippen LogP contribution in [0.3, 0.4) is 0 Å². The van der Waals surface area contributed by atoms with E-state index in [2.05, 4.69) is 15.3 Å². The average Bonchev–Trinajstić information content (AvgIpc) is 2.59. The number of amides is 1. The molecule has 0 saturated heterocycles.